The first-order valence-corrected chi connectivity index (χ1v) is 14.0. The standard InChI is InChI=1S/C32H36N2O4.C2H2/c1-32(2)21-37-31(33-32)30-20-27-28(6-4-7-29(27)38-30)36-17-5-14-34-15-12-22(13-16-34)23-8-9-25-19-26(35-3)11-10-24(25)18-23;1-2/h4,6-11,18-20,22H,5,12-17,21H2,1-3H3;1-2H. The van der Waals surface area contributed by atoms with Crippen molar-refractivity contribution in [2.75, 3.05) is 40.0 Å². The molecular formula is C34H38N2O4. The van der Waals surface area contributed by atoms with Gasteiger partial charge >= 0.3 is 0 Å². The van der Waals surface area contributed by atoms with E-state index in [4.69, 9.17) is 18.6 Å². The van der Waals surface area contributed by atoms with E-state index in [1.165, 1.54) is 29.2 Å². The number of nitrogens with zero attached hydrogens (tertiary/aromatic N) is 2. The summed E-state index contributed by atoms with van der Waals surface area (Å²) in [5.41, 5.74) is 2.03. The van der Waals surface area contributed by atoms with Gasteiger partial charge in [-0.2, -0.15) is 0 Å². The Bertz CT molecular complexity index is 1510. The van der Waals surface area contributed by atoms with Gasteiger partial charge < -0.3 is 23.5 Å². The van der Waals surface area contributed by atoms with Gasteiger partial charge in [-0.25, -0.2) is 4.99 Å². The number of ether oxygens (including phenoxy) is 3. The molecule has 3 heterocycles. The molecule has 0 radical (unpaired) electrons. The third-order valence-corrected chi connectivity index (χ3v) is 7.71. The van der Waals surface area contributed by atoms with Gasteiger partial charge in [0.2, 0.25) is 0 Å². The zero-order valence-corrected chi connectivity index (χ0v) is 23.7. The predicted molar refractivity (Wildman–Crippen MR) is 162 cm³/mol. The summed E-state index contributed by atoms with van der Waals surface area (Å²) in [7, 11) is 1.72. The largest absolute Gasteiger partial charge is 0.497 e. The van der Waals surface area contributed by atoms with E-state index in [-0.39, 0.29) is 5.54 Å². The van der Waals surface area contributed by atoms with Crippen molar-refractivity contribution >= 4 is 27.6 Å². The van der Waals surface area contributed by atoms with Crippen molar-refractivity contribution in [3.8, 4) is 24.3 Å². The maximum atomic E-state index is 6.20. The zero-order valence-electron chi connectivity index (χ0n) is 23.7. The molecule has 40 heavy (non-hydrogen) atoms. The molecule has 1 fully saturated rings. The highest BCUT2D eigenvalue weighted by molar-refractivity contribution is 5.98. The molecule has 0 aliphatic carbocycles. The third-order valence-electron chi connectivity index (χ3n) is 7.71. The maximum absolute atomic E-state index is 6.20. The highest BCUT2D eigenvalue weighted by Gasteiger charge is 2.29. The Morgan fingerprint density at radius 3 is 2.52 bits per heavy atom. The molecular weight excluding hydrogens is 500 g/mol. The third kappa shape index (κ3) is 6.11. The first-order valence-electron chi connectivity index (χ1n) is 14.0. The summed E-state index contributed by atoms with van der Waals surface area (Å²) in [4.78, 5) is 7.21. The molecule has 0 saturated carbocycles. The fourth-order valence-corrected chi connectivity index (χ4v) is 5.56. The van der Waals surface area contributed by atoms with E-state index in [2.05, 4.69) is 66.9 Å². The van der Waals surface area contributed by atoms with Crippen LogP contribution in [0.1, 0.15) is 50.4 Å². The molecule has 2 aliphatic rings. The second-order valence-corrected chi connectivity index (χ2v) is 11.1. The number of fused-ring (bicyclic) bond motifs is 2. The van der Waals surface area contributed by atoms with Crippen molar-refractivity contribution in [1.82, 2.24) is 4.90 Å². The molecule has 1 saturated heterocycles. The number of hydrogen-bond acceptors (Lipinski definition) is 6. The van der Waals surface area contributed by atoms with Crippen LogP contribution in [-0.2, 0) is 4.74 Å². The van der Waals surface area contributed by atoms with Crippen LogP contribution in [0.15, 0.2) is 70.1 Å². The summed E-state index contributed by atoms with van der Waals surface area (Å²) in [5, 5.41) is 3.49. The monoisotopic (exact) mass is 538 g/mol. The Morgan fingerprint density at radius 2 is 1.77 bits per heavy atom. The van der Waals surface area contributed by atoms with Gasteiger partial charge in [0.15, 0.2) is 5.76 Å². The Kier molecular flexibility index (Phi) is 8.32. The van der Waals surface area contributed by atoms with Crippen LogP contribution >= 0.6 is 0 Å². The molecule has 6 nitrogen and oxygen atoms in total. The lowest BCUT2D eigenvalue weighted by Gasteiger charge is -2.32. The van der Waals surface area contributed by atoms with Gasteiger partial charge in [-0.05, 0) is 92.7 Å². The van der Waals surface area contributed by atoms with Gasteiger partial charge in [0.1, 0.15) is 23.7 Å². The number of furan rings is 1. The Hall–Kier alpha value is -3.95. The highest BCUT2D eigenvalue weighted by Crippen LogP contribution is 2.33. The van der Waals surface area contributed by atoms with E-state index >= 15 is 0 Å². The lowest BCUT2D eigenvalue weighted by molar-refractivity contribution is 0.193. The minimum Gasteiger partial charge on any atom is -0.497 e. The van der Waals surface area contributed by atoms with Crippen LogP contribution < -0.4 is 9.47 Å². The van der Waals surface area contributed by atoms with Gasteiger partial charge in [-0.1, -0.05) is 30.3 Å². The summed E-state index contributed by atoms with van der Waals surface area (Å²) in [6, 6.07) is 21.1. The summed E-state index contributed by atoms with van der Waals surface area (Å²) >= 11 is 0. The Morgan fingerprint density at radius 1 is 1.00 bits per heavy atom. The van der Waals surface area contributed by atoms with E-state index in [0.717, 1.165) is 48.5 Å². The zero-order chi connectivity index (χ0) is 28.1. The summed E-state index contributed by atoms with van der Waals surface area (Å²) < 4.78 is 23.3. The van der Waals surface area contributed by atoms with Crippen molar-refractivity contribution in [3.63, 3.8) is 0 Å². The normalized spacial score (nSPS) is 17.2. The summed E-state index contributed by atoms with van der Waals surface area (Å²) in [5.74, 6) is 3.62. The Labute approximate surface area is 236 Å². The van der Waals surface area contributed by atoms with Crippen LogP contribution in [-0.4, -0.2) is 56.3 Å². The maximum Gasteiger partial charge on any atom is 0.253 e. The SMILES string of the molecule is C#C.COc1ccc2cc(C3CCN(CCCOc4cccc5oc(C6=NC(C)(C)CO6)cc45)CC3)ccc2c1. The van der Waals surface area contributed by atoms with Gasteiger partial charge in [0, 0.05) is 12.6 Å². The van der Waals surface area contributed by atoms with E-state index in [0.29, 0.717) is 30.8 Å². The number of likely N-dealkylation sites (tertiary alicyclic amines) is 1. The van der Waals surface area contributed by atoms with Gasteiger partial charge in [0.25, 0.3) is 5.90 Å². The minimum atomic E-state index is -0.216. The summed E-state index contributed by atoms with van der Waals surface area (Å²) in [6.45, 7) is 8.67. The highest BCUT2D eigenvalue weighted by atomic mass is 16.5. The quantitative estimate of drug-likeness (QED) is 0.178. The number of terminal acetylenes is 1. The second kappa shape index (κ2) is 12.1. The Balaban J connectivity index is 0.00000158. The van der Waals surface area contributed by atoms with Crippen molar-refractivity contribution in [3.05, 3.63) is 72.0 Å². The van der Waals surface area contributed by atoms with E-state index in [9.17, 15) is 0 Å². The number of aliphatic imine (C=N–C) groups is 1. The first kappa shape index (κ1) is 27.6. The van der Waals surface area contributed by atoms with Crippen molar-refractivity contribution in [2.24, 2.45) is 4.99 Å². The van der Waals surface area contributed by atoms with Crippen LogP contribution in [0, 0.1) is 12.8 Å². The molecule has 0 amide bonds. The van der Waals surface area contributed by atoms with Crippen LogP contribution in [0.3, 0.4) is 0 Å². The van der Waals surface area contributed by atoms with Crippen molar-refractivity contribution < 1.29 is 18.6 Å². The van der Waals surface area contributed by atoms with Crippen molar-refractivity contribution in [1.29, 1.82) is 0 Å². The predicted octanol–water partition coefficient (Wildman–Crippen LogP) is 7.05. The van der Waals surface area contributed by atoms with Gasteiger partial charge in [-0.15, -0.1) is 12.8 Å². The van der Waals surface area contributed by atoms with Crippen molar-refractivity contribution in [2.45, 2.75) is 44.6 Å². The van der Waals surface area contributed by atoms with E-state index < -0.39 is 0 Å². The molecule has 0 spiro atoms. The van der Waals surface area contributed by atoms with Gasteiger partial charge in [0.05, 0.1) is 24.6 Å². The number of piperidine rings is 1. The van der Waals surface area contributed by atoms with Crippen LogP contribution in [0.25, 0.3) is 21.7 Å². The molecule has 0 bridgehead atoms. The molecule has 0 unspecified atom stereocenters. The lowest BCUT2D eigenvalue weighted by Crippen LogP contribution is -2.34. The molecule has 1 aromatic heterocycles. The number of hydrogen-bond donors (Lipinski definition) is 0. The fraction of sp³-hybridized carbons (Fsp3) is 0.382. The second-order valence-electron chi connectivity index (χ2n) is 11.1. The lowest BCUT2D eigenvalue weighted by atomic mass is 9.88. The average molecular weight is 539 g/mol. The fourth-order valence-electron chi connectivity index (χ4n) is 5.56. The molecule has 6 heteroatoms. The number of methoxy groups -OCH3 is 1. The van der Waals surface area contributed by atoms with E-state index in [1.54, 1.807) is 7.11 Å². The number of benzene rings is 3. The van der Waals surface area contributed by atoms with E-state index in [1.807, 2.05) is 30.3 Å². The number of rotatable bonds is 8. The molecule has 0 N–H and O–H groups in total. The first-order chi connectivity index (χ1) is 19.5. The molecule has 2 aliphatic heterocycles. The molecule has 3 aromatic carbocycles. The summed E-state index contributed by atoms with van der Waals surface area (Å²) in [6.07, 6.45) is 11.4. The minimum absolute atomic E-state index is 0.216. The van der Waals surface area contributed by atoms with Crippen LogP contribution in [0.2, 0.25) is 0 Å². The van der Waals surface area contributed by atoms with Crippen LogP contribution in [0.5, 0.6) is 11.5 Å². The molecule has 208 valence electrons. The average Bonchev–Trinajstić information content (AvgIpc) is 3.59. The smallest absolute Gasteiger partial charge is 0.253 e. The molecule has 6 rings (SSSR count). The molecule has 4 aromatic rings. The molecule has 0 atom stereocenters. The van der Waals surface area contributed by atoms with Gasteiger partial charge in [-0.3, -0.25) is 0 Å². The topological polar surface area (TPSA) is 56.4 Å². The van der Waals surface area contributed by atoms with Crippen LogP contribution in [0.4, 0.5) is 0 Å².